The van der Waals surface area contributed by atoms with Crippen LogP contribution in [0.2, 0.25) is 0 Å². The van der Waals surface area contributed by atoms with Crippen molar-refractivity contribution < 1.29 is 0 Å². The molecule has 0 atom stereocenters. The van der Waals surface area contributed by atoms with Gasteiger partial charge in [-0.3, -0.25) is 4.40 Å². The average molecular weight is 307 g/mol. The maximum atomic E-state index is 4.48. The van der Waals surface area contributed by atoms with Crippen molar-refractivity contribution in [1.29, 1.82) is 0 Å². The van der Waals surface area contributed by atoms with Crippen molar-refractivity contribution in [3.8, 4) is 10.6 Å². The fraction of sp³-hybridized carbons (Fsp3) is 0.154. The molecule has 0 amide bonds. The molecule has 3 aromatic rings. The molecule has 0 aromatic carbocycles. The molecule has 4 heteroatoms. The Hall–Kier alpha value is -1.13. The van der Waals surface area contributed by atoms with Gasteiger partial charge in [0.25, 0.3) is 0 Å². The number of hydrogen-bond acceptors (Lipinski definition) is 2. The monoisotopic (exact) mass is 306 g/mol. The van der Waals surface area contributed by atoms with Gasteiger partial charge in [0.05, 0.1) is 20.6 Å². The van der Waals surface area contributed by atoms with Crippen molar-refractivity contribution in [3.05, 3.63) is 45.5 Å². The number of thiophene rings is 1. The summed E-state index contributed by atoms with van der Waals surface area (Å²) >= 11 is 5.23. The largest absolute Gasteiger partial charge is 0.296 e. The molecule has 2 nitrogen and oxygen atoms in total. The quantitative estimate of drug-likeness (QED) is 0.649. The minimum atomic E-state index is 1.02. The zero-order chi connectivity index (χ0) is 12.0. The van der Waals surface area contributed by atoms with Crippen LogP contribution in [0.3, 0.4) is 0 Å². The molecule has 0 aliphatic carbocycles. The molecule has 0 bridgehead atoms. The highest BCUT2D eigenvalue weighted by Crippen LogP contribution is 2.32. The van der Waals surface area contributed by atoms with E-state index in [0.717, 1.165) is 15.1 Å². The molecule has 0 aliphatic heterocycles. The molecule has 0 unspecified atom stereocenters. The summed E-state index contributed by atoms with van der Waals surface area (Å²) in [4.78, 5) is 5.71. The Kier molecular flexibility index (Phi) is 2.56. The summed E-state index contributed by atoms with van der Waals surface area (Å²) in [5.41, 5.74) is 4.65. The van der Waals surface area contributed by atoms with Gasteiger partial charge in [-0.25, -0.2) is 4.98 Å². The minimum absolute atomic E-state index is 1.02. The number of fused-ring (bicyclic) bond motifs is 1. The van der Waals surface area contributed by atoms with Gasteiger partial charge in [-0.1, -0.05) is 0 Å². The highest BCUT2D eigenvalue weighted by Gasteiger charge is 2.10. The number of pyridine rings is 1. The van der Waals surface area contributed by atoms with E-state index in [-0.39, 0.29) is 0 Å². The van der Waals surface area contributed by atoms with E-state index in [1.165, 1.54) is 16.1 Å². The first-order chi connectivity index (χ1) is 8.15. The zero-order valence-electron chi connectivity index (χ0n) is 9.57. The van der Waals surface area contributed by atoms with Crippen molar-refractivity contribution in [1.82, 2.24) is 9.38 Å². The second-order valence-electron chi connectivity index (χ2n) is 4.11. The zero-order valence-corrected chi connectivity index (χ0v) is 12.0. The van der Waals surface area contributed by atoms with Crippen LogP contribution in [-0.2, 0) is 0 Å². The second-order valence-corrected chi connectivity index (χ2v) is 6.58. The topological polar surface area (TPSA) is 17.3 Å². The van der Waals surface area contributed by atoms with Gasteiger partial charge in [-0.05, 0) is 59.6 Å². The van der Waals surface area contributed by atoms with E-state index in [9.17, 15) is 0 Å². The molecule has 3 rings (SSSR count). The van der Waals surface area contributed by atoms with E-state index in [2.05, 4.69) is 63.4 Å². The third-order valence-electron chi connectivity index (χ3n) is 2.76. The molecule has 0 spiro atoms. The number of halogens is 1. The first-order valence-corrected chi connectivity index (χ1v) is 6.96. The molecular weight excluding hydrogens is 296 g/mol. The molecule has 17 heavy (non-hydrogen) atoms. The van der Waals surface area contributed by atoms with E-state index in [0.29, 0.717) is 0 Å². The van der Waals surface area contributed by atoms with Crippen molar-refractivity contribution >= 4 is 32.9 Å². The van der Waals surface area contributed by atoms with E-state index in [1.807, 2.05) is 6.20 Å². The molecule has 0 aliphatic rings. The number of rotatable bonds is 1. The Bertz CT molecular complexity index is 697. The highest BCUT2D eigenvalue weighted by molar-refractivity contribution is 9.11. The molecular formula is C13H11BrN2S. The van der Waals surface area contributed by atoms with Crippen LogP contribution in [0.5, 0.6) is 0 Å². The lowest BCUT2D eigenvalue weighted by Crippen LogP contribution is -1.93. The molecule has 0 radical (unpaired) electrons. The summed E-state index contributed by atoms with van der Waals surface area (Å²) in [6.45, 7) is 4.22. The van der Waals surface area contributed by atoms with Crippen LogP contribution in [0, 0.1) is 13.8 Å². The molecule has 0 N–H and O–H groups in total. The minimum Gasteiger partial charge on any atom is -0.296 e. The number of nitrogens with zero attached hydrogens (tertiary/aromatic N) is 2. The van der Waals surface area contributed by atoms with Gasteiger partial charge in [0.1, 0.15) is 5.65 Å². The number of hydrogen-bond donors (Lipinski definition) is 0. The van der Waals surface area contributed by atoms with E-state index in [4.69, 9.17) is 0 Å². The Morgan fingerprint density at radius 2 is 2.06 bits per heavy atom. The summed E-state index contributed by atoms with van der Waals surface area (Å²) in [6.07, 6.45) is 1.94. The molecule has 0 saturated carbocycles. The SMILES string of the molecule is Cc1cc(C)n2c(-c3ccc(Br)s3)cnc2c1. The summed E-state index contributed by atoms with van der Waals surface area (Å²) in [7, 11) is 0. The first kappa shape index (κ1) is 11.0. The van der Waals surface area contributed by atoms with E-state index >= 15 is 0 Å². The Labute approximate surface area is 112 Å². The molecule has 0 fully saturated rings. The predicted molar refractivity (Wildman–Crippen MR) is 75.7 cm³/mol. The molecule has 3 aromatic heterocycles. The smallest absolute Gasteiger partial charge is 0.137 e. The van der Waals surface area contributed by atoms with Crippen LogP contribution in [0.1, 0.15) is 11.3 Å². The number of imidazole rings is 1. The van der Waals surface area contributed by atoms with Gasteiger partial charge in [0.15, 0.2) is 0 Å². The lowest BCUT2D eigenvalue weighted by Gasteiger charge is -2.05. The van der Waals surface area contributed by atoms with Crippen LogP contribution in [0.25, 0.3) is 16.2 Å². The van der Waals surface area contributed by atoms with Gasteiger partial charge < -0.3 is 0 Å². The van der Waals surface area contributed by atoms with Crippen molar-refractivity contribution in [2.45, 2.75) is 13.8 Å². The number of aromatic nitrogens is 2. The fourth-order valence-corrected chi connectivity index (χ4v) is 3.49. The fourth-order valence-electron chi connectivity index (χ4n) is 2.10. The molecule has 3 heterocycles. The normalized spacial score (nSPS) is 11.2. The second kappa shape index (κ2) is 3.96. The standard InChI is InChI=1S/C13H11BrN2S/c1-8-5-9(2)16-10(7-15-13(16)6-8)11-3-4-12(14)17-11/h3-7H,1-2H3. The third kappa shape index (κ3) is 1.81. The third-order valence-corrected chi connectivity index (χ3v) is 4.41. The summed E-state index contributed by atoms with van der Waals surface area (Å²) < 4.78 is 3.35. The first-order valence-electron chi connectivity index (χ1n) is 5.35. The van der Waals surface area contributed by atoms with E-state index < -0.39 is 0 Å². The predicted octanol–water partition coefficient (Wildman–Crippen LogP) is 4.44. The van der Waals surface area contributed by atoms with Gasteiger partial charge in [0.2, 0.25) is 0 Å². The van der Waals surface area contributed by atoms with Crippen LogP contribution >= 0.6 is 27.3 Å². The maximum absolute atomic E-state index is 4.48. The van der Waals surface area contributed by atoms with Gasteiger partial charge in [-0.2, -0.15) is 0 Å². The Balaban J connectivity index is 2.31. The lowest BCUT2D eigenvalue weighted by molar-refractivity contribution is 1.09. The Morgan fingerprint density at radius 1 is 1.24 bits per heavy atom. The van der Waals surface area contributed by atoms with Crippen LogP contribution in [0.15, 0.2) is 34.2 Å². The van der Waals surface area contributed by atoms with Crippen LogP contribution in [0.4, 0.5) is 0 Å². The van der Waals surface area contributed by atoms with Crippen molar-refractivity contribution in [2.24, 2.45) is 0 Å². The van der Waals surface area contributed by atoms with Crippen LogP contribution < -0.4 is 0 Å². The molecule has 86 valence electrons. The molecule has 0 saturated heterocycles. The highest BCUT2D eigenvalue weighted by atomic mass is 79.9. The average Bonchev–Trinajstić information content (AvgIpc) is 2.83. The van der Waals surface area contributed by atoms with Gasteiger partial charge in [-0.15, -0.1) is 11.3 Å². The van der Waals surface area contributed by atoms with Crippen molar-refractivity contribution in [3.63, 3.8) is 0 Å². The lowest BCUT2D eigenvalue weighted by atomic mass is 10.2. The maximum Gasteiger partial charge on any atom is 0.137 e. The van der Waals surface area contributed by atoms with Crippen LogP contribution in [-0.4, -0.2) is 9.38 Å². The summed E-state index contributed by atoms with van der Waals surface area (Å²) in [5.74, 6) is 0. The van der Waals surface area contributed by atoms with E-state index in [1.54, 1.807) is 11.3 Å². The summed E-state index contributed by atoms with van der Waals surface area (Å²) in [5, 5.41) is 0. The summed E-state index contributed by atoms with van der Waals surface area (Å²) in [6, 6.07) is 8.49. The van der Waals surface area contributed by atoms with Gasteiger partial charge >= 0.3 is 0 Å². The Morgan fingerprint density at radius 3 is 2.76 bits per heavy atom. The van der Waals surface area contributed by atoms with Gasteiger partial charge in [0, 0.05) is 5.69 Å². The number of aryl methyl sites for hydroxylation is 2. The van der Waals surface area contributed by atoms with Crippen molar-refractivity contribution in [2.75, 3.05) is 0 Å².